The minimum atomic E-state index is -0.393. The Labute approximate surface area is 167 Å². The van der Waals surface area contributed by atoms with E-state index >= 15 is 0 Å². The van der Waals surface area contributed by atoms with E-state index in [0.29, 0.717) is 22.6 Å². The highest BCUT2D eigenvalue weighted by molar-refractivity contribution is 5.85. The molecule has 1 saturated heterocycles. The van der Waals surface area contributed by atoms with Crippen LogP contribution in [0.4, 0.5) is 11.4 Å². The lowest BCUT2D eigenvalue weighted by Crippen LogP contribution is -2.52. The Morgan fingerprint density at radius 2 is 2.04 bits per heavy atom. The van der Waals surface area contributed by atoms with Gasteiger partial charge in [0.15, 0.2) is 7.11 Å². The third kappa shape index (κ3) is 3.72. The number of likely N-dealkylation sites (tertiary alicyclic amines) is 1. The van der Waals surface area contributed by atoms with Gasteiger partial charge in [-0.1, -0.05) is 19.4 Å². The fraction of sp³-hybridized carbons (Fsp3) is 0.667. The summed E-state index contributed by atoms with van der Waals surface area (Å²) in [6.07, 6.45) is 5.05. The zero-order valence-corrected chi connectivity index (χ0v) is 17.4. The molecule has 1 aromatic carbocycles. The summed E-state index contributed by atoms with van der Waals surface area (Å²) in [6.45, 7) is 3.94. The van der Waals surface area contributed by atoms with Crippen LogP contribution in [0.5, 0.6) is 0 Å². The first-order valence-corrected chi connectivity index (χ1v) is 10.2. The SMILES string of the molecule is CCCC1CC1(C(=O)OC)N1CCC(N(C)c2cccc([N+](=O)OC)c2)CC1. The van der Waals surface area contributed by atoms with Crippen LogP contribution in [-0.4, -0.2) is 61.7 Å². The molecule has 2 unspecified atom stereocenters. The van der Waals surface area contributed by atoms with Crippen LogP contribution in [0.2, 0.25) is 0 Å². The molecule has 0 spiro atoms. The van der Waals surface area contributed by atoms with Crippen molar-refractivity contribution in [3.8, 4) is 0 Å². The third-order valence-corrected chi connectivity index (χ3v) is 6.44. The van der Waals surface area contributed by atoms with Crippen molar-refractivity contribution in [2.75, 3.05) is 39.3 Å². The van der Waals surface area contributed by atoms with Crippen molar-refractivity contribution >= 4 is 17.3 Å². The van der Waals surface area contributed by atoms with Crippen LogP contribution in [0, 0.1) is 10.8 Å². The number of rotatable bonds is 8. The molecule has 1 aliphatic carbocycles. The first kappa shape index (κ1) is 20.6. The van der Waals surface area contributed by atoms with E-state index in [0.717, 1.165) is 50.9 Å². The highest BCUT2D eigenvalue weighted by Crippen LogP contribution is 2.52. The zero-order chi connectivity index (χ0) is 20.3. The van der Waals surface area contributed by atoms with E-state index in [2.05, 4.69) is 23.8 Å². The van der Waals surface area contributed by atoms with E-state index in [1.165, 1.54) is 14.2 Å². The summed E-state index contributed by atoms with van der Waals surface area (Å²) in [5, 5.41) is 0. The summed E-state index contributed by atoms with van der Waals surface area (Å²) in [7, 11) is 4.92. The van der Waals surface area contributed by atoms with E-state index in [1.807, 2.05) is 18.2 Å². The average molecular weight is 391 g/mol. The standard InChI is InChI=1S/C21H32N3O4/c1-5-7-16-15-21(16,20(25)27-3)23-12-10-17(11-13-23)22(2)18-8-6-9-19(14-18)24(26)28-4/h6,8-9,14,16-17H,5,7,10-13,15H2,1-4H3/q+1. The molecule has 3 rings (SSSR count). The molecule has 28 heavy (non-hydrogen) atoms. The van der Waals surface area contributed by atoms with Crippen LogP contribution in [0.1, 0.15) is 39.0 Å². The summed E-state index contributed by atoms with van der Waals surface area (Å²) in [5.74, 6) is 0.355. The van der Waals surface area contributed by atoms with E-state index in [4.69, 9.17) is 9.57 Å². The molecular weight excluding hydrogens is 358 g/mol. The fourth-order valence-electron chi connectivity index (χ4n) is 4.74. The molecule has 7 nitrogen and oxygen atoms in total. The van der Waals surface area contributed by atoms with Crippen molar-refractivity contribution in [3.05, 3.63) is 29.2 Å². The minimum absolute atomic E-state index is 0.0689. The Morgan fingerprint density at radius 1 is 1.32 bits per heavy atom. The van der Waals surface area contributed by atoms with Gasteiger partial charge in [-0.25, -0.2) is 4.84 Å². The van der Waals surface area contributed by atoms with Crippen LogP contribution in [0.25, 0.3) is 0 Å². The second-order valence-electron chi connectivity index (χ2n) is 7.89. The van der Waals surface area contributed by atoms with Crippen molar-refractivity contribution < 1.29 is 19.3 Å². The lowest BCUT2D eigenvalue weighted by molar-refractivity contribution is -0.736. The van der Waals surface area contributed by atoms with Gasteiger partial charge in [-0.2, -0.15) is 0 Å². The first-order valence-electron chi connectivity index (χ1n) is 10.2. The lowest BCUT2D eigenvalue weighted by Gasteiger charge is -2.41. The second kappa shape index (κ2) is 8.47. The zero-order valence-electron chi connectivity index (χ0n) is 17.4. The Kier molecular flexibility index (Phi) is 6.23. The highest BCUT2D eigenvalue weighted by Gasteiger charge is 2.64. The number of carbonyl (C=O) groups excluding carboxylic acids is 1. The van der Waals surface area contributed by atoms with Crippen molar-refractivity contribution in [2.45, 2.75) is 50.6 Å². The smallest absolute Gasteiger partial charge is 0.326 e. The Hall–Kier alpha value is -2.15. The van der Waals surface area contributed by atoms with E-state index in [9.17, 15) is 9.70 Å². The van der Waals surface area contributed by atoms with Crippen LogP contribution in [-0.2, 0) is 14.4 Å². The maximum atomic E-state index is 12.5. The number of carbonyl (C=O) groups is 1. The Morgan fingerprint density at radius 3 is 2.64 bits per heavy atom. The van der Waals surface area contributed by atoms with Crippen molar-refractivity contribution in [1.82, 2.24) is 4.90 Å². The molecular formula is C21H32N3O4+. The molecule has 7 heteroatoms. The van der Waals surface area contributed by atoms with Gasteiger partial charge < -0.3 is 9.64 Å². The van der Waals surface area contributed by atoms with Crippen LogP contribution in [0.3, 0.4) is 0 Å². The topological polar surface area (TPSA) is 62.1 Å². The molecule has 2 aliphatic rings. The lowest BCUT2D eigenvalue weighted by atomic mass is 9.98. The van der Waals surface area contributed by atoms with E-state index in [1.54, 1.807) is 6.07 Å². The van der Waals surface area contributed by atoms with Gasteiger partial charge in [0, 0.05) is 44.0 Å². The fourth-order valence-corrected chi connectivity index (χ4v) is 4.74. The van der Waals surface area contributed by atoms with Gasteiger partial charge in [0.1, 0.15) is 5.54 Å². The molecule has 1 aromatic rings. The number of methoxy groups -OCH3 is 1. The molecule has 2 atom stereocenters. The van der Waals surface area contributed by atoms with Crippen molar-refractivity contribution in [3.63, 3.8) is 0 Å². The highest BCUT2D eigenvalue weighted by atomic mass is 16.8. The van der Waals surface area contributed by atoms with Crippen LogP contribution >= 0.6 is 0 Å². The second-order valence-corrected chi connectivity index (χ2v) is 7.89. The number of benzene rings is 1. The van der Waals surface area contributed by atoms with Crippen LogP contribution in [0.15, 0.2) is 24.3 Å². The molecule has 0 aromatic heterocycles. The molecule has 2 fully saturated rings. The van der Waals surface area contributed by atoms with Gasteiger partial charge in [-0.3, -0.25) is 9.69 Å². The number of esters is 1. The van der Waals surface area contributed by atoms with Gasteiger partial charge in [-0.05, 0) is 37.7 Å². The van der Waals surface area contributed by atoms with Crippen LogP contribution < -0.4 is 4.90 Å². The quantitative estimate of drug-likeness (QED) is 0.501. The number of anilines is 1. The molecule has 0 radical (unpaired) electrons. The minimum Gasteiger partial charge on any atom is -0.468 e. The number of hydrogen-bond acceptors (Lipinski definition) is 6. The Bertz CT molecular complexity index is 717. The van der Waals surface area contributed by atoms with Gasteiger partial charge >= 0.3 is 11.7 Å². The monoisotopic (exact) mass is 390 g/mol. The third-order valence-electron chi connectivity index (χ3n) is 6.44. The predicted octanol–water partition coefficient (Wildman–Crippen LogP) is 3.29. The summed E-state index contributed by atoms with van der Waals surface area (Å²) in [6, 6.07) is 7.82. The largest absolute Gasteiger partial charge is 0.468 e. The molecule has 1 heterocycles. The summed E-state index contributed by atoms with van der Waals surface area (Å²) in [4.78, 5) is 34.1. The number of nitrogens with zero attached hydrogens (tertiary/aromatic N) is 3. The van der Waals surface area contributed by atoms with Crippen molar-refractivity contribution in [1.29, 1.82) is 0 Å². The molecule has 1 aliphatic heterocycles. The Balaban J connectivity index is 1.65. The van der Waals surface area contributed by atoms with Crippen molar-refractivity contribution in [2.24, 2.45) is 5.92 Å². The first-order chi connectivity index (χ1) is 13.5. The average Bonchev–Trinajstić information content (AvgIpc) is 3.47. The number of hydrogen-bond donors (Lipinski definition) is 0. The maximum absolute atomic E-state index is 12.5. The normalized spacial score (nSPS) is 25.2. The summed E-state index contributed by atoms with van der Waals surface area (Å²) in [5.41, 5.74) is 1.08. The van der Waals surface area contributed by atoms with Gasteiger partial charge in [0.2, 0.25) is 0 Å². The van der Waals surface area contributed by atoms with E-state index in [-0.39, 0.29) is 5.97 Å². The van der Waals surface area contributed by atoms with Gasteiger partial charge in [0.05, 0.1) is 12.0 Å². The number of ether oxygens (including phenoxy) is 1. The summed E-state index contributed by atoms with van der Waals surface area (Å²) >= 11 is 0. The van der Waals surface area contributed by atoms with E-state index < -0.39 is 5.54 Å². The molecule has 0 bridgehead atoms. The number of piperidine rings is 1. The predicted molar refractivity (Wildman–Crippen MR) is 107 cm³/mol. The molecule has 154 valence electrons. The summed E-state index contributed by atoms with van der Waals surface area (Å²) < 4.78 is 5.16. The maximum Gasteiger partial charge on any atom is 0.326 e. The van der Waals surface area contributed by atoms with Gasteiger partial charge in [-0.15, -0.1) is 0 Å². The van der Waals surface area contributed by atoms with Gasteiger partial charge in [0.25, 0.3) is 4.92 Å². The molecule has 1 saturated carbocycles. The molecule has 0 N–H and O–H groups in total. The molecule has 0 amide bonds.